The zero-order valence-corrected chi connectivity index (χ0v) is 10.3. The van der Waals surface area contributed by atoms with E-state index >= 15 is 0 Å². The Kier molecular flexibility index (Phi) is 3.38. The number of hydrogen-bond donors (Lipinski definition) is 2. The summed E-state index contributed by atoms with van der Waals surface area (Å²) in [6.45, 7) is 2.03. The van der Waals surface area contributed by atoms with Crippen LogP contribution in [0.3, 0.4) is 0 Å². The van der Waals surface area contributed by atoms with Crippen molar-refractivity contribution in [1.82, 2.24) is 10.6 Å². The van der Waals surface area contributed by atoms with Gasteiger partial charge in [-0.2, -0.15) is 11.8 Å². The maximum Gasteiger partial charge on any atom is 0.322 e. The van der Waals surface area contributed by atoms with Gasteiger partial charge in [-0.15, -0.1) is 0 Å². The molecule has 17 heavy (non-hydrogen) atoms. The summed E-state index contributed by atoms with van der Waals surface area (Å²) in [6.07, 6.45) is 0. The van der Waals surface area contributed by atoms with E-state index in [0.29, 0.717) is 5.75 Å². The van der Waals surface area contributed by atoms with Crippen molar-refractivity contribution < 1.29 is 9.59 Å². The second-order valence-electron chi connectivity index (χ2n) is 3.82. The Labute approximate surface area is 104 Å². The Balaban J connectivity index is 2.37. The van der Waals surface area contributed by atoms with Gasteiger partial charge in [-0.05, 0) is 11.3 Å². The summed E-state index contributed by atoms with van der Waals surface area (Å²) in [5, 5.41) is 5.06. The normalized spacial score (nSPS) is 23.4. The van der Waals surface area contributed by atoms with Gasteiger partial charge < -0.3 is 5.32 Å². The lowest BCUT2D eigenvalue weighted by Crippen LogP contribution is -2.46. The molecule has 1 unspecified atom stereocenters. The van der Waals surface area contributed by atoms with Crippen molar-refractivity contribution in [3.63, 3.8) is 0 Å². The smallest absolute Gasteiger partial charge is 0.319 e. The molecule has 1 aromatic carbocycles. The van der Waals surface area contributed by atoms with Gasteiger partial charge in [0.25, 0.3) is 5.91 Å². The molecule has 0 saturated carbocycles. The van der Waals surface area contributed by atoms with Gasteiger partial charge >= 0.3 is 6.03 Å². The van der Waals surface area contributed by atoms with Gasteiger partial charge in [0.05, 0.1) is 0 Å². The van der Waals surface area contributed by atoms with Gasteiger partial charge in [0.15, 0.2) is 5.54 Å². The fourth-order valence-corrected chi connectivity index (χ4v) is 2.74. The summed E-state index contributed by atoms with van der Waals surface area (Å²) in [7, 11) is 0. The molecule has 90 valence electrons. The summed E-state index contributed by atoms with van der Waals surface area (Å²) in [6, 6.07) is 8.92. The molecular formula is C12H14N2O2S. The number of urea groups is 1. The summed E-state index contributed by atoms with van der Waals surface area (Å²) >= 11 is 1.63. The van der Waals surface area contributed by atoms with Gasteiger partial charge in [-0.1, -0.05) is 37.3 Å². The number of hydrogen-bond acceptors (Lipinski definition) is 3. The molecule has 1 aliphatic heterocycles. The van der Waals surface area contributed by atoms with E-state index in [2.05, 4.69) is 10.6 Å². The second kappa shape index (κ2) is 4.79. The minimum Gasteiger partial charge on any atom is -0.319 e. The fourth-order valence-electron chi connectivity index (χ4n) is 1.86. The van der Waals surface area contributed by atoms with E-state index in [4.69, 9.17) is 0 Å². The van der Waals surface area contributed by atoms with Crippen LogP contribution >= 0.6 is 11.8 Å². The van der Waals surface area contributed by atoms with Gasteiger partial charge in [0.2, 0.25) is 0 Å². The molecule has 1 atom stereocenters. The average molecular weight is 250 g/mol. The van der Waals surface area contributed by atoms with E-state index in [1.165, 1.54) is 0 Å². The molecule has 2 rings (SSSR count). The number of nitrogens with one attached hydrogen (secondary N) is 2. The van der Waals surface area contributed by atoms with E-state index in [1.54, 1.807) is 11.8 Å². The number of imide groups is 1. The van der Waals surface area contributed by atoms with Crippen LogP contribution in [0, 0.1) is 0 Å². The number of amides is 3. The van der Waals surface area contributed by atoms with Crippen molar-refractivity contribution in [1.29, 1.82) is 0 Å². The Morgan fingerprint density at radius 1 is 1.24 bits per heavy atom. The van der Waals surface area contributed by atoms with Crippen LogP contribution in [0.5, 0.6) is 0 Å². The number of benzene rings is 1. The number of thioether (sulfide) groups is 1. The largest absolute Gasteiger partial charge is 0.322 e. The Morgan fingerprint density at radius 3 is 2.47 bits per heavy atom. The van der Waals surface area contributed by atoms with Crippen molar-refractivity contribution in [2.45, 2.75) is 12.5 Å². The van der Waals surface area contributed by atoms with Crippen molar-refractivity contribution in [2.24, 2.45) is 0 Å². The molecule has 3 amide bonds. The SMILES string of the molecule is CCSCC1(c2ccccc2)NC(=O)NC1=O. The highest BCUT2D eigenvalue weighted by atomic mass is 32.2. The molecule has 2 N–H and O–H groups in total. The Bertz CT molecular complexity index is 435. The monoisotopic (exact) mass is 250 g/mol. The minimum absolute atomic E-state index is 0.269. The maximum absolute atomic E-state index is 12.0. The third-order valence-corrected chi connectivity index (χ3v) is 3.78. The van der Waals surface area contributed by atoms with Crippen LogP contribution in [0.25, 0.3) is 0 Å². The highest BCUT2D eigenvalue weighted by molar-refractivity contribution is 7.99. The first-order chi connectivity index (χ1) is 8.19. The van der Waals surface area contributed by atoms with Crippen LogP contribution in [0.1, 0.15) is 12.5 Å². The number of carbonyl (C=O) groups is 2. The minimum atomic E-state index is -0.918. The first kappa shape index (κ1) is 12.0. The highest BCUT2D eigenvalue weighted by Gasteiger charge is 2.47. The molecule has 1 aliphatic rings. The van der Waals surface area contributed by atoms with Crippen molar-refractivity contribution in [3.8, 4) is 0 Å². The molecule has 0 aliphatic carbocycles. The number of carbonyl (C=O) groups excluding carboxylic acids is 2. The lowest BCUT2D eigenvalue weighted by atomic mass is 9.92. The third-order valence-electron chi connectivity index (χ3n) is 2.73. The Morgan fingerprint density at radius 2 is 1.94 bits per heavy atom. The van der Waals surface area contributed by atoms with Gasteiger partial charge in [-0.3, -0.25) is 10.1 Å². The molecule has 0 radical (unpaired) electrons. The van der Waals surface area contributed by atoms with Gasteiger partial charge in [-0.25, -0.2) is 4.79 Å². The molecule has 1 heterocycles. The number of rotatable bonds is 4. The van der Waals surface area contributed by atoms with E-state index in [-0.39, 0.29) is 5.91 Å². The summed E-state index contributed by atoms with van der Waals surface area (Å²) in [4.78, 5) is 23.4. The van der Waals surface area contributed by atoms with Crippen LogP contribution in [0.15, 0.2) is 30.3 Å². The van der Waals surface area contributed by atoms with E-state index < -0.39 is 11.6 Å². The van der Waals surface area contributed by atoms with Gasteiger partial charge in [0.1, 0.15) is 0 Å². The summed E-state index contributed by atoms with van der Waals surface area (Å²) in [5.41, 5.74) is -0.0942. The van der Waals surface area contributed by atoms with Crippen LogP contribution in [-0.2, 0) is 10.3 Å². The van der Waals surface area contributed by atoms with Crippen LogP contribution < -0.4 is 10.6 Å². The first-order valence-electron chi connectivity index (χ1n) is 5.46. The molecule has 5 heteroatoms. The standard InChI is InChI=1S/C12H14N2O2S/c1-2-17-8-12(9-6-4-3-5-7-9)10(15)13-11(16)14-12/h3-7H,2,8H2,1H3,(H2,13,14,15,16). The molecule has 0 aromatic heterocycles. The van der Waals surface area contributed by atoms with Gasteiger partial charge in [0, 0.05) is 5.75 Å². The molecule has 0 spiro atoms. The van der Waals surface area contributed by atoms with E-state index in [0.717, 1.165) is 11.3 Å². The zero-order chi connectivity index (χ0) is 12.3. The summed E-state index contributed by atoms with van der Waals surface area (Å²) in [5.74, 6) is 1.18. The molecule has 4 nitrogen and oxygen atoms in total. The van der Waals surface area contributed by atoms with Crippen LogP contribution in [0.4, 0.5) is 4.79 Å². The average Bonchev–Trinajstić information content (AvgIpc) is 2.64. The second-order valence-corrected chi connectivity index (χ2v) is 5.09. The topological polar surface area (TPSA) is 58.2 Å². The van der Waals surface area contributed by atoms with Crippen LogP contribution in [0.2, 0.25) is 0 Å². The van der Waals surface area contributed by atoms with Crippen molar-refractivity contribution in [3.05, 3.63) is 35.9 Å². The van der Waals surface area contributed by atoms with Crippen molar-refractivity contribution in [2.75, 3.05) is 11.5 Å². The maximum atomic E-state index is 12.0. The van der Waals surface area contributed by atoms with Crippen molar-refractivity contribution >= 4 is 23.7 Å². The van der Waals surface area contributed by atoms with E-state index in [9.17, 15) is 9.59 Å². The zero-order valence-electron chi connectivity index (χ0n) is 9.53. The molecular weight excluding hydrogens is 236 g/mol. The summed E-state index contributed by atoms with van der Waals surface area (Å²) < 4.78 is 0. The highest BCUT2D eigenvalue weighted by Crippen LogP contribution is 2.28. The van der Waals surface area contributed by atoms with Crippen LogP contribution in [-0.4, -0.2) is 23.4 Å². The quantitative estimate of drug-likeness (QED) is 0.796. The fraction of sp³-hybridized carbons (Fsp3) is 0.333. The first-order valence-corrected chi connectivity index (χ1v) is 6.61. The van der Waals surface area contributed by atoms with E-state index in [1.807, 2.05) is 37.3 Å². The predicted molar refractivity (Wildman–Crippen MR) is 67.8 cm³/mol. The Hall–Kier alpha value is -1.49. The molecule has 0 bridgehead atoms. The third kappa shape index (κ3) is 2.15. The predicted octanol–water partition coefficient (Wildman–Crippen LogP) is 1.47. The molecule has 1 aromatic rings. The molecule has 1 saturated heterocycles. The molecule has 1 fully saturated rings. The lowest BCUT2D eigenvalue weighted by molar-refractivity contribution is -0.123. The lowest BCUT2D eigenvalue weighted by Gasteiger charge is -2.25.